The summed E-state index contributed by atoms with van der Waals surface area (Å²) < 4.78 is 16.4. The minimum absolute atomic E-state index is 0.274. The summed E-state index contributed by atoms with van der Waals surface area (Å²) in [6, 6.07) is 14.5. The Balaban J connectivity index is 1.14. The van der Waals surface area contributed by atoms with E-state index in [4.69, 9.17) is 14.2 Å². The summed E-state index contributed by atoms with van der Waals surface area (Å²) in [6.45, 7) is 8.85. The predicted molar refractivity (Wildman–Crippen MR) is 111 cm³/mol. The van der Waals surface area contributed by atoms with Crippen LogP contribution < -0.4 is 9.47 Å². The van der Waals surface area contributed by atoms with Crippen molar-refractivity contribution in [2.45, 2.75) is 26.2 Å². The zero-order valence-electron chi connectivity index (χ0n) is 17.0. The van der Waals surface area contributed by atoms with Crippen LogP contribution in [0.1, 0.15) is 16.7 Å². The monoisotopic (exact) mass is 398 g/mol. The Morgan fingerprint density at radius 2 is 1.76 bits per heavy atom. The van der Waals surface area contributed by atoms with Crippen molar-refractivity contribution in [1.82, 2.24) is 9.80 Å². The molecule has 0 aromatic heterocycles. The third kappa shape index (κ3) is 5.70. The molecule has 2 heterocycles. The first-order chi connectivity index (χ1) is 14.2. The lowest BCUT2D eigenvalue weighted by atomic mass is 10.1. The molecule has 6 heteroatoms. The van der Waals surface area contributed by atoms with Crippen molar-refractivity contribution < 1.29 is 19.3 Å². The van der Waals surface area contributed by atoms with Crippen LogP contribution in [-0.4, -0.2) is 67.1 Å². The van der Waals surface area contributed by atoms with Gasteiger partial charge in [-0.15, -0.1) is 0 Å². The molecule has 4 rings (SSSR count). The molecule has 2 aliphatic heterocycles. The van der Waals surface area contributed by atoms with Crippen LogP contribution >= 0.6 is 0 Å². The highest BCUT2D eigenvalue weighted by Crippen LogP contribution is 2.32. The van der Waals surface area contributed by atoms with Gasteiger partial charge >= 0.3 is 0 Å². The Kier molecular flexibility index (Phi) is 6.67. The van der Waals surface area contributed by atoms with Crippen molar-refractivity contribution in [2.75, 3.05) is 46.1 Å². The standard InChI is InChI=1S/C23H30N2O4/c1-18-3-2-4-19(11-18)13-24-7-9-25(10-8-24)14-21(26)16-27-15-20-5-6-22-23(12-20)29-17-28-22/h2-6,11-12,21,26H,7-10,13-17H2,1H3. The lowest BCUT2D eigenvalue weighted by Gasteiger charge is -2.35. The van der Waals surface area contributed by atoms with Gasteiger partial charge in [-0.1, -0.05) is 35.9 Å². The lowest BCUT2D eigenvalue weighted by Crippen LogP contribution is -2.48. The third-order valence-corrected chi connectivity index (χ3v) is 5.44. The second-order valence-corrected chi connectivity index (χ2v) is 7.92. The van der Waals surface area contributed by atoms with Gasteiger partial charge in [0.15, 0.2) is 11.5 Å². The second kappa shape index (κ2) is 9.59. The fourth-order valence-electron chi connectivity index (χ4n) is 3.89. The van der Waals surface area contributed by atoms with E-state index < -0.39 is 6.10 Å². The summed E-state index contributed by atoms with van der Waals surface area (Å²) in [6.07, 6.45) is -0.479. The van der Waals surface area contributed by atoms with Crippen molar-refractivity contribution in [1.29, 1.82) is 0 Å². The Morgan fingerprint density at radius 3 is 2.59 bits per heavy atom. The second-order valence-electron chi connectivity index (χ2n) is 7.92. The van der Waals surface area contributed by atoms with Crippen molar-refractivity contribution in [3.63, 3.8) is 0 Å². The Hall–Kier alpha value is -2.12. The molecule has 0 amide bonds. The summed E-state index contributed by atoms with van der Waals surface area (Å²) in [4.78, 5) is 4.80. The van der Waals surface area contributed by atoms with E-state index in [2.05, 4.69) is 41.0 Å². The topological polar surface area (TPSA) is 54.4 Å². The summed E-state index contributed by atoms with van der Waals surface area (Å²) >= 11 is 0. The van der Waals surface area contributed by atoms with E-state index in [0.717, 1.165) is 49.8 Å². The average molecular weight is 399 g/mol. The van der Waals surface area contributed by atoms with E-state index in [0.29, 0.717) is 19.8 Å². The molecular formula is C23H30N2O4. The number of β-amino-alcohol motifs (C(OH)–C–C–N with tert-alkyl or cyclic N) is 1. The van der Waals surface area contributed by atoms with Crippen LogP contribution in [0.15, 0.2) is 42.5 Å². The highest BCUT2D eigenvalue weighted by atomic mass is 16.7. The molecule has 1 unspecified atom stereocenters. The number of nitrogens with zero attached hydrogens (tertiary/aromatic N) is 2. The van der Waals surface area contributed by atoms with Crippen LogP contribution in [0.25, 0.3) is 0 Å². The molecule has 0 aliphatic carbocycles. The fraction of sp³-hybridized carbons (Fsp3) is 0.478. The van der Waals surface area contributed by atoms with Gasteiger partial charge in [0.1, 0.15) is 0 Å². The SMILES string of the molecule is Cc1cccc(CN2CCN(CC(O)COCc3ccc4c(c3)OCO4)CC2)c1. The summed E-state index contributed by atoms with van der Waals surface area (Å²) in [5.41, 5.74) is 3.70. The molecule has 2 aliphatic rings. The molecule has 0 saturated carbocycles. The van der Waals surface area contributed by atoms with Crippen LogP contribution in [-0.2, 0) is 17.9 Å². The minimum atomic E-state index is -0.479. The maximum atomic E-state index is 10.3. The van der Waals surface area contributed by atoms with E-state index >= 15 is 0 Å². The zero-order valence-corrected chi connectivity index (χ0v) is 17.0. The van der Waals surface area contributed by atoms with Gasteiger partial charge in [-0.05, 0) is 30.2 Å². The molecule has 1 saturated heterocycles. The molecular weight excluding hydrogens is 368 g/mol. The molecule has 0 radical (unpaired) electrons. The van der Waals surface area contributed by atoms with Crippen LogP contribution in [0.4, 0.5) is 0 Å². The van der Waals surface area contributed by atoms with Crippen LogP contribution in [0.2, 0.25) is 0 Å². The number of fused-ring (bicyclic) bond motifs is 1. The molecule has 2 aromatic rings. The van der Waals surface area contributed by atoms with E-state index in [1.807, 2.05) is 18.2 Å². The van der Waals surface area contributed by atoms with Gasteiger partial charge in [0.25, 0.3) is 0 Å². The predicted octanol–water partition coefficient (Wildman–Crippen LogP) is 2.42. The van der Waals surface area contributed by atoms with Crippen molar-refractivity contribution >= 4 is 0 Å². The number of hydrogen-bond acceptors (Lipinski definition) is 6. The first-order valence-electron chi connectivity index (χ1n) is 10.3. The molecule has 1 N–H and O–H groups in total. The van der Waals surface area contributed by atoms with Gasteiger partial charge < -0.3 is 19.3 Å². The number of aliphatic hydroxyl groups is 1. The maximum absolute atomic E-state index is 10.3. The molecule has 0 spiro atoms. The van der Waals surface area contributed by atoms with Gasteiger partial charge in [-0.3, -0.25) is 9.80 Å². The molecule has 1 atom stereocenters. The van der Waals surface area contributed by atoms with Gasteiger partial charge in [-0.25, -0.2) is 0 Å². The maximum Gasteiger partial charge on any atom is 0.231 e. The van der Waals surface area contributed by atoms with Crippen LogP contribution in [0, 0.1) is 6.92 Å². The number of hydrogen-bond donors (Lipinski definition) is 1. The Bertz CT molecular complexity index is 805. The molecule has 6 nitrogen and oxygen atoms in total. The first-order valence-corrected chi connectivity index (χ1v) is 10.3. The number of aliphatic hydroxyl groups excluding tert-OH is 1. The molecule has 0 bridgehead atoms. The van der Waals surface area contributed by atoms with Crippen LogP contribution in [0.3, 0.4) is 0 Å². The van der Waals surface area contributed by atoms with E-state index in [1.165, 1.54) is 11.1 Å². The fourth-order valence-corrected chi connectivity index (χ4v) is 3.89. The molecule has 1 fully saturated rings. The Morgan fingerprint density at radius 1 is 0.966 bits per heavy atom. The van der Waals surface area contributed by atoms with E-state index in [-0.39, 0.29) is 6.79 Å². The van der Waals surface area contributed by atoms with Crippen molar-refractivity contribution in [3.05, 3.63) is 59.2 Å². The highest BCUT2D eigenvalue weighted by molar-refractivity contribution is 5.44. The number of aryl methyl sites for hydroxylation is 1. The van der Waals surface area contributed by atoms with Gasteiger partial charge in [0.2, 0.25) is 6.79 Å². The smallest absolute Gasteiger partial charge is 0.231 e. The van der Waals surface area contributed by atoms with E-state index in [9.17, 15) is 5.11 Å². The van der Waals surface area contributed by atoms with Crippen molar-refractivity contribution in [2.24, 2.45) is 0 Å². The van der Waals surface area contributed by atoms with Crippen LogP contribution in [0.5, 0.6) is 11.5 Å². The molecule has 2 aromatic carbocycles. The van der Waals surface area contributed by atoms with Gasteiger partial charge in [-0.2, -0.15) is 0 Å². The van der Waals surface area contributed by atoms with Gasteiger partial charge in [0.05, 0.1) is 19.3 Å². The highest BCUT2D eigenvalue weighted by Gasteiger charge is 2.19. The zero-order chi connectivity index (χ0) is 20.1. The lowest BCUT2D eigenvalue weighted by molar-refractivity contribution is 0.000853. The minimum Gasteiger partial charge on any atom is -0.454 e. The summed E-state index contributed by atoms with van der Waals surface area (Å²) in [5, 5.41) is 10.3. The van der Waals surface area contributed by atoms with Gasteiger partial charge in [0, 0.05) is 39.3 Å². The third-order valence-electron chi connectivity index (χ3n) is 5.44. The number of benzene rings is 2. The first kappa shape index (κ1) is 20.2. The number of rotatable bonds is 8. The van der Waals surface area contributed by atoms with E-state index in [1.54, 1.807) is 0 Å². The number of piperazine rings is 1. The summed E-state index contributed by atoms with van der Waals surface area (Å²) in [5.74, 6) is 1.53. The summed E-state index contributed by atoms with van der Waals surface area (Å²) in [7, 11) is 0. The Labute approximate surface area is 172 Å². The molecule has 29 heavy (non-hydrogen) atoms. The number of ether oxygens (including phenoxy) is 3. The van der Waals surface area contributed by atoms with Crippen molar-refractivity contribution in [3.8, 4) is 11.5 Å². The molecule has 156 valence electrons. The average Bonchev–Trinajstić information content (AvgIpc) is 3.17. The normalized spacial score (nSPS) is 18.1. The quantitative estimate of drug-likeness (QED) is 0.737. The largest absolute Gasteiger partial charge is 0.454 e.